The molecular formula is C29H29N5O2. The summed E-state index contributed by atoms with van der Waals surface area (Å²) < 4.78 is 5.78. The van der Waals surface area contributed by atoms with Gasteiger partial charge in [0.2, 0.25) is 0 Å². The molecule has 0 spiro atoms. The monoisotopic (exact) mass is 479 g/mol. The molecule has 0 bridgehead atoms. The van der Waals surface area contributed by atoms with Crippen molar-refractivity contribution in [3.05, 3.63) is 78.8 Å². The number of ether oxygens (including phenoxy) is 1. The molecular weight excluding hydrogens is 450 g/mol. The predicted molar refractivity (Wildman–Crippen MR) is 144 cm³/mol. The van der Waals surface area contributed by atoms with Crippen LogP contribution in [0.25, 0.3) is 44.2 Å². The smallest absolute Gasteiger partial charge is 0.251 e. The fourth-order valence-corrected chi connectivity index (χ4v) is 4.69. The van der Waals surface area contributed by atoms with E-state index >= 15 is 0 Å². The molecule has 0 aliphatic rings. The number of carbonyl (C=O) groups is 1. The number of amides is 1. The largest absolute Gasteiger partial charge is 0.496 e. The van der Waals surface area contributed by atoms with Crippen LogP contribution in [0.3, 0.4) is 0 Å². The highest BCUT2D eigenvalue weighted by Crippen LogP contribution is 2.41. The van der Waals surface area contributed by atoms with E-state index in [1.807, 2.05) is 81.9 Å². The minimum Gasteiger partial charge on any atom is -0.496 e. The summed E-state index contributed by atoms with van der Waals surface area (Å²) in [5.41, 5.74) is 6.30. The van der Waals surface area contributed by atoms with Gasteiger partial charge in [-0.05, 0) is 69.0 Å². The maximum atomic E-state index is 12.8. The summed E-state index contributed by atoms with van der Waals surface area (Å²) in [6.07, 6.45) is 5.42. The molecule has 2 aromatic carbocycles. The van der Waals surface area contributed by atoms with Crippen molar-refractivity contribution in [3.8, 4) is 28.1 Å². The Morgan fingerprint density at radius 3 is 2.56 bits per heavy atom. The van der Waals surface area contributed by atoms with Gasteiger partial charge in [-0.25, -0.2) is 0 Å². The lowest BCUT2D eigenvalue weighted by molar-refractivity contribution is 0.0934. The fraction of sp³-hybridized carbons (Fsp3) is 0.207. The first-order valence-corrected chi connectivity index (χ1v) is 11.9. The van der Waals surface area contributed by atoms with Gasteiger partial charge in [0.1, 0.15) is 5.75 Å². The summed E-state index contributed by atoms with van der Waals surface area (Å²) in [6.45, 7) is 2.78. The highest BCUT2D eigenvalue weighted by atomic mass is 16.5. The van der Waals surface area contributed by atoms with Gasteiger partial charge in [0, 0.05) is 58.0 Å². The Bertz CT molecular complexity index is 1520. The number of H-pyrrole nitrogens is 1. The predicted octanol–water partition coefficient (Wildman–Crippen LogP) is 5.13. The average molecular weight is 480 g/mol. The van der Waals surface area contributed by atoms with E-state index < -0.39 is 0 Å². The second-order valence-electron chi connectivity index (χ2n) is 9.26. The Morgan fingerprint density at radius 2 is 1.86 bits per heavy atom. The molecule has 7 nitrogen and oxygen atoms in total. The quantitative estimate of drug-likeness (QED) is 0.338. The summed E-state index contributed by atoms with van der Waals surface area (Å²) in [5, 5.41) is 5.16. The number of rotatable bonds is 7. The summed E-state index contributed by atoms with van der Waals surface area (Å²) in [5.74, 6) is 0.681. The van der Waals surface area contributed by atoms with E-state index in [0.717, 1.165) is 56.5 Å². The zero-order valence-corrected chi connectivity index (χ0v) is 20.9. The second kappa shape index (κ2) is 9.79. The maximum Gasteiger partial charge on any atom is 0.251 e. The molecule has 3 heterocycles. The number of carbonyl (C=O) groups excluding carboxylic acids is 1. The number of aromatic amines is 1. The number of methoxy groups -OCH3 is 1. The SMILES string of the molecule is COc1ccc2[nH]c3cnc(-c4cccnc4)cc3c2c1-c1ccc(C(=O)NC(C)CN(C)C)cc1. The van der Waals surface area contributed by atoms with E-state index in [0.29, 0.717) is 5.56 Å². The van der Waals surface area contributed by atoms with Crippen LogP contribution >= 0.6 is 0 Å². The number of hydrogen-bond acceptors (Lipinski definition) is 5. The van der Waals surface area contributed by atoms with Crippen LogP contribution in [-0.2, 0) is 0 Å². The van der Waals surface area contributed by atoms with Gasteiger partial charge < -0.3 is 19.9 Å². The molecule has 0 saturated heterocycles. The number of aromatic nitrogens is 3. The van der Waals surface area contributed by atoms with Crippen LogP contribution in [0.4, 0.5) is 0 Å². The van der Waals surface area contributed by atoms with E-state index in [4.69, 9.17) is 4.74 Å². The molecule has 3 aromatic heterocycles. The molecule has 0 aliphatic carbocycles. The summed E-state index contributed by atoms with van der Waals surface area (Å²) in [7, 11) is 5.66. The normalized spacial score (nSPS) is 12.2. The van der Waals surface area contributed by atoms with Gasteiger partial charge >= 0.3 is 0 Å². The van der Waals surface area contributed by atoms with Crippen LogP contribution in [0, 0.1) is 0 Å². The van der Waals surface area contributed by atoms with Crippen LogP contribution in [0.1, 0.15) is 17.3 Å². The average Bonchev–Trinajstić information content (AvgIpc) is 3.26. The van der Waals surface area contributed by atoms with Crippen molar-refractivity contribution in [1.29, 1.82) is 0 Å². The fourth-order valence-electron chi connectivity index (χ4n) is 4.69. The third kappa shape index (κ3) is 4.53. The van der Waals surface area contributed by atoms with Gasteiger partial charge in [-0.15, -0.1) is 0 Å². The number of nitrogens with one attached hydrogen (secondary N) is 2. The molecule has 5 aromatic rings. The van der Waals surface area contributed by atoms with Crippen molar-refractivity contribution in [2.75, 3.05) is 27.7 Å². The number of pyridine rings is 2. The van der Waals surface area contributed by atoms with Gasteiger partial charge in [0.25, 0.3) is 5.91 Å². The molecule has 182 valence electrons. The van der Waals surface area contributed by atoms with Crippen LogP contribution in [0.2, 0.25) is 0 Å². The molecule has 1 atom stereocenters. The third-order valence-electron chi connectivity index (χ3n) is 6.24. The number of nitrogens with zero attached hydrogens (tertiary/aromatic N) is 3. The second-order valence-corrected chi connectivity index (χ2v) is 9.26. The van der Waals surface area contributed by atoms with Crippen molar-refractivity contribution in [3.63, 3.8) is 0 Å². The topological polar surface area (TPSA) is 83.1 Å². The van der Waals surface area contributed by atoms with E-state index in [9.17, 15) is 4.79 Å². The van der Waals surface area contributed by atoms with Gasteiger partial charge in [0.05, 0.1) is 24.5 Å². The minimum absolute atomic E-state index is 0.0508. The molecule has 5 rings (SSSR count). The molecule has 0 aliphatic heterocycles. The van der Waals surface area contributed by atoms with Gasteiger partial charge in [0.15, 0.2) is 0 Å². The Kier molecular flexibility index (Phi) is 6.40. The first-order valence-electron chi connectivity index (χ1n) is 11.9. The van der Waals surface area contributed by atoms with E-state index in [1.54, 1.807) is 13.3 Å². The van der Waals surface area contributed by atoms with E-state index in [2.05, 4.69) is 31.2 Å². The van der Waals surface area contributed by atoms with Crippen LogP contribution in [0.5, 0.6) is 5.75 Å². The molecule has 0 saturated carbocycles. The maximum absolute atomic E-state index is 12.8. The number of likely N-dealkylation sites (N-methyl/N-ethyl adjacent to an activating group) is 1. The molecule has 1 amide bonds. The first-order chi connectivity index (χ1) is 17.4. The van der Waals surface area contributed by atoms with E-state index in [-0.39, 0.29) is 11.9 Å². The standard InChI is InChI=1S/C29H29N5O2/c1-18(17-34(2)3)32-29(35)20-9-7-19(8-10-20)27-26(36-4)12-11-23-28(27)22-14-24(31-16-25(22)33-23)21-6-5-13-30-15-21/h5-16,18,33H,17H2,1-4H3,(H,32,35). The van der Waals surface area contributed by atoms with Crippen LogP contribution in [0.15, 0.2) is 73.2 Å². The highest BCUT2D eigenvalue weighted by Gasteiger charge is 2.18. The Morgan fingerprint density at radius 1 is 1.06 bits per heavy atom. The van der Waals surface area contributed by atoms with Gasteiger partial charge in [-0.2, -0.15) is 0 Å². The van der Waals surface area contributed by atoms with Crippen molar-refractivity contribution in [1.82, 2.24) is 25.2 Å². The molecule has 1 unspecified atom stereocenters. The van der Waals surface area contributed by atoms with Crippen molar-refractivity contribution >= 4 is 27.7 Å². The lowest BCUT2D eigenvalue weighted by atomic mass is 9.97. The van der Waals surface area contributed by atoms with Crippen LogP contribution < -0.4 is 10.1 Å². The zero-order valence-electron chi connectivity index (χ0n) is 20.9. The van der Waals surface area contributed by atoms with Crippen molar-refractivity contribution in [2.24, 2.45) is 0 Å². The van der Waals surface area contributed by atoms with E-state index in [1.165, 1.54) is 0 Å². The van der Waals surface area contributed by atoms with Crippen molar-refractivity contribution in [2.45, 2.75) is 13.0 Å². The summed E-state index contributed by atoms with van der Waals surface area (Å²) in [4.78, 5) is 27.2. The molecule has 7 heteroatoms. The lowest BCUT2D eigenvalue weighted by Crippen LogP contribution is -2.39. The molecule has 36 heavy (non-hydrogen) atoms. The molecule has 0 fully saturated rings. The van der Waals surface area contributed by atoms with Crippen molar-refractivity contribution < 1.29 is 9.53 Å². The zero-order chi connectivity index (χ0) is 25.2. The third-order valence-corrected chi connectivity index (χ3v) is 6.24. The number of fused-ring (bicyclic) bond motifs is 3. The highest BCUT2D eigenvalue weighted by molar-refractivity contribution is 6.16. The molecule has 0 radical (unpaired) electrons. The number of hydrogen-bond donors (Lipinski definition) is 2. The Balaban J connectivity index is 1.58. The summed E-state index contributed by atoms with van der Waals surface area (Å²) in [6, 6.07) is 17.7. The Hall–Kier alpha value is -4.23. The van der Waals surface area contributed by atoms with Gasteiger partial charge in [-0.1, -0.05) is 12.1 Å². The lowest BCUT2D eigenvalue weighted by Gasteiger charge is -2.18. The van der Waals surface area contributed by atoms with Gasteiger partial charge in [-0.3, -0.25) is 14.8 Å². The van der Waals surface area contributed by atoms with Crippen LogP contribution in [-0.4, -0.2) is 59.6 Å². The molecule has 2 N–H and O–H groups in total. The Labute approximate surface area is 210 Å². The summed E-state index contributed by atoms with van der Waals surface area (Å²) >= 11 is 0. The number of benzene rings is 2. The minimum atomic E-state index is -0.0830. The first kappa shape index (κ1) is 23.5.